The maximum Gasteiger partial charge on any atom is 0.0655 e. The van der Waals surface area contributed by atoms with Gasteiger partial charge >= 0.3 is 0 Å². The van der Waals surface area contributed by atoms with Crippen molar-refractivity contribution in [1.29, 1.82) is 0 Å². The SMILES string of the molecule is c1ccc2c(c1)CCc1c-2c2cccn2c2c1c1c(c3ccc4ccccc4c3c3cccn31)c1c2c2ccc3ccccc3c2c2cccn21. The molecular weight excluding hydrogens is 619 g/mol. The van der Waals surface area contributed by atoms with Crippen molar-refractivity contribution >= 4 is 92.3 Å². The Bertz CT molecular complexity index is 3420. The second kappa shape index (κ2) is 9.15. The summed E-state index contributed by atoms with van der Waals surface area (Å²) in [7, 11) is 0. The minimum Gasteiger partial charge on any atom is -0.315 e. The van der Waals surface area contributed by atoms with Gasteiger partial charge in [0.2, 0.25) is 0 Å². The van der Waals surface area contributed by atoms with E-state index in [4.69, 9.17) is 0 Å². The van der Waals surface area contributed by atoms with Crippen molar-refractivity contribution in [2.75, 3.05) is 0 Å². The van der Waals surface area contributed by atoms with Crippen LogP contribution < -0.4 is 0 Å². The third-order valence-corrected chi connectivity index (χ3v) is 12.1. The maximum atomic E-state index is 2.52. The molecule has 0 amide bonds. The molecule has 1 aliphatic carbocycles. The highest BCUT2D eigenvalue weighted by molar-refractivity contribution is 6.39. The number of pyridine rings is 3. The average molecular weight is 648 g/mol. The van der Waals surface area contributed by atoms with E-state index in [9.17, 15) is 0 Å². The molecule has 3 heteroatoms. The molecule has 0 unspecified atom stereocenters. The minimum absolute atomic E-state index is 0.996. The smallest absolute Gasteiger partial charge is 0.0655 e. The van der Waals surface area contributed by atoms with Crippen LogP contribution in [0.4, 0.5) is 0 Å². The fourth-order valence-electron chi connectivity index (χ4n) is 10.2. The van der Waals surface area contributed by atoms with E-state index in [0.717, 1.165) is 12.8 Å². The van der Waals surface area contributed by atoms with E-state index in [2.05, 4.69) is 165 Å². The normalized spacial score (nSPS) is 13.3. The molecule has 0 saturated heterocycles. The molecule has 6 heterocycles. The number of benzene rings is 6. The molecule has 0 saturated carbocycles. The topological polar surface area (TPSA) is 13.2 Å². The van der Waals surface area contributed by atoms with Crippen molar-refractivity contribution in [3.05, 3.63) is 163 Å². The van der Waals surface area contributed by atoms with Gasteiger partial charge in [0.05, 0.1) is 33.1 Å². The van der Waals surface area contributed by atoms with Gasteiger partial charge in [-0.2, -0.15) is 0 Å². The molecule has 51 heavy (non-hydrogen) atoms. The van der Waals surface area contributed by atoms with Crippen LogP contribution in [0.25, 0.3) is 103 Å². The summed E-state index contributed by atoms with van der Waals surface area (Å²) in [5, 5.41) is 14.3. The molecule has 0 radical (unpaired) electrons. The van der Waals surface area contributed by atoms with Gasteiger partial charge in [-0.1, -0.05) is 97.1 Å². The van der Waals surface area contributed by atoms with E-state index in [1.807, 2.05) is 0 Å². The Balaban J connectivity index is 1.46. The van der Waals surface area contributed by atoms with Gasteiger partial charge in [-0.15, -0.1) is 0 Å². The lowest BCUT2D eigenvalue weighted by Crippen LogP contribution is -2.09. The van der Waals surface area contributed by atoms with Gasteiger partial charge in [0.1, 0.15) is 0 Å². The highest BCUT2D eigenvalue weighted by Crippen LogP contribution is 2.50. The summed E-state index contributed by atoms with van der Waals surface area (Å²) >= 11 is 0. The fourth-order valence-corrected chi connectivity index (χ4v) is 10.2. The van der Waals surface area contributed by atoms with Gasteiger partial charge < -0.3 is 13.2 Å². The molecule has 3 nitrogen and oxygen atoms in total. The Morgan fingerprint density at radius 3 is 1.49 bits per heavy atom. The van der Waals surface area contributed by atoms with Crippen LogP contribution in [0.3, 0.4) is 0 Å². The molecule has 0 aliphatic heterocycles. The summed E-state index contributed by atoms with van der Waals surface area (Å²) in [6, 6.07) is 50.0. The molecule has 0 spiro atoms. The Morgan fingerprint density at radius 2 is 0.863 bits per heavy atom. The summed E-state index contributed by atoms with van der Waals surface area (Å²) in [4.78, 5) is 0. The third-order valence-electron chi connectivity index (χ3n) is 12.1. The van der Waals surface area contributed by atoms with E-state index >= 15 is 0 Å². The first-order valence-electron chi connectivity index (χ1n) is 18.0. The van der Waals surface area contributed by atoms with Gasteiger partial charge in [-0.3, -0.25) is 0 Å². The van der Waals surface area contributed by atoms with Crippen molar-refractivity contribution in [2.45, 2.75) is 12.8 Å². The van der Waals surface area contributed by atoms with Gasteiger partial charge in [0, 0.05) is 51.1 Å². The van der Waals surface area contributed by atoms with E-state index in [-0.39, 0.29) is 0 Å². The number of aromatic nitrogens is 3. The molecule has 0 N–H and O–H groups in total. The number of hydrogen-bond acceptors (Lipinski definition) is 0. The second-order valence-corrected chi connectivity index (χ2v) is 14.4. The number of nitrogens with zero attached hydrogens (tertiary/aromatic N) is 3. The van der Waals surface area contributed by atoms with Crippen LogP contribution in [0.1, 0.15) is 11.1 Å². The van der Waals surface area contributed by atoms with E-state index in [1.54, 1.807) is 0 Å². The van der Waals surface area contributed by atoms with Crippen LogP contribution in [0.2, 0.25) is 0 Å². The molecule has 12 aromatic rings. The van der Waals surface area contributed by atoms with E-state index in [1.165, 1.54) is 115 Å². The first-order valence-corrected chi connectivity index (χ1v) is 18.0. The molecule has 0 fully saturated rings. The first-order chi connectivity index (χ1) is 25.3. The molecule has 0 bridgehead atoms. The van der Waals surface area contributed by atoms with E-state index in [0.29, 0.717) is 0 Å². The van der Waals surface area contributed by atoms with Crippen LogP contribution in [0, 0.1) is 0 Å². The summed E-state index contributed by atoms with van der Waals surface area (Å²) < 4.78 is 7.53. The Labute approximate surface area is 291 Å². The van der Waals surface area contributed by atoms with Crippen LogP contribution >= 0.6 is 0 Å². The van der Waals surface area contributed by atoms with Crippen molar-refractivity contribution in [1.82, 2.24) is 13.2 Å². The summed E-state index contributed by atoms with van der Waals surface area (Å²) in [5.74, 6) is 0. The summed E-state index contributed by atoms with van der Waals surface area (Å²) in [6.07, 6.45) is 8.92. The lowest BCUT2D eigenvalue weighted by Gasteiger charge is -2.27. The highest BCUT2D eigenvalue weighted by Gasteiger charge is 2.29. The monoisotopic (exact) mass is 647 g/mol. The van der Waals surface area contributed by atoms with Crippen LogP contribution in [0.5, 0.6) is 0 Å². The van der Waals surface area contributed by atoms with Crippen LogP contribution in [-0.4, -0.2) is 13.2 Å². The number of hydrogen-bond donors (Lipinski definition) is 0. The van der Waals surface area contributed by atoms with Gasteiger partial charge in [-0.25, -0.2) is 0 Å². The van der Waals surface area contributed by atoms with Crippen molar-refractivity contribution in [2.24, 2.45) is 0 Å². The Kier molecular flexibility index (Phi) is 4.72. The summed E-state index contributed by atoms with van der Waals surface area (Å²) in [6.45, 7) is 0. The quantitative estimate of drug-likeness (QED) is 0.145. The zero-order valence-corrected chi connectivity index (χ0v) is 27.7. The largest absolute Gasteiger partial charge is 0.315 e. The summed E-state index contributed by atoms with van der Waals surface area (Å²) in [5.41, 5.74) is 13.3. The zero-order chi connectivity index (χ0) is 32.9. The Morgan fingerprint density at radius 1 is 0.353 bits per heavy atom. The van der Waals surface area contributed by atoms with Crippen LogP contribution in [-0.2, 0) is 12.8 Å². The first kappa shape index (κ1) is 26.3. The van der Waals surface area contributed by atoms with Gasteiger partial charge in [0.15, 0.2) is 0 Å². The molecule has 1 aliphatic rings. The highest BCUT2D eigenvalue weighted by atomic mass is 14.9. The predicted octanol–water partition coefficient (Wildman–Crippen LogP) is 12.3. The fraction of sp³-hybridized carbons (Fsp3) is 0.0417. The number of rotatable bonds is 0. The maximum absolute atomic E-state index is 2.52. The zero-order valence-electron chi connectivity index (χ0n) is 27.7. The molecule has 6 aromatic carbocycles. The molecule has 6 aromatic heterocycles. The lowest BCUT2D eigenvalue weighted by atomic mass is 9.82. The van der Waals surface area contributed by atoms with Gasteiger partial charge in [0.25, 0.3) is 0 Å². The van der Waals surface area contributed by atoms with E-state index < -0.39 is 0 Å². The minimum atomic E-state index is 0.996. The van der Waals surface area contributed by atoms with Crippen LogP contribution in [0.15, 0.2) is 152 Å². The van der Waals surface area contributed by atoms with Crippen molar-refractivity contribution < 1.29 is 0 Å². The average Bonchev–Trinajstić information content (AvgIpc) is 3.98. The molecule has 236 valence electrons. The Hall–Kier alpha value is -6.58. The lowest BCUT2D eigenvalue weighted by molar-refractivity contribution is 0.950. The van der Waals surface area contributed by atoms with Crippen molar-refractivity contribution in [3.63, 3.8) is 0 Å². The number of aryl methyl sites for hydroxylation is 2. The standard InChI is InChI=1S/C48H29N3/c1-4-13-31-28(10-1)19-22-34-40(31)37-16-7-25-49(37)46-43(34)47-45(36-24-21-30-12-3-6-15-33(30)42(36)38-17-8-26-50(38)47)48-44(46)35-23-20-29-11-2-5-14-32(29)41(35)39-18-9-27-51(39)48/h1-20,22-23,25-27H,21,24H2. The third kappa shape index (κ3) is 3.08. The molecular formula is C48H29N3. The molecule has 0 atom stereocenters. The molecule has 13 rings (SSSR count). The predicted molar refractivity (Wildman–Crippen MR) is 215 cm³/mol. The second-order valence-electron chi connectivity index (χ2n) is 14.4. The van der Waals surface area contributed by atoms with Gasteiger partial charge in [-0.05, 0) is 98.2 Å². The number of fused-ring (bicyclic) bond motifs is 27. The van der Waals surface area contributed by atoms with Crippen molar-refractivity contribution in [3.8, 4) is 11.1 Å².